The third kappa shape index (κ3) is 3.10. The van der Waals surface area contributed by atoms with Gasteiger partial charge in [-0.2, -0.15) is 0 Å². The monoisotopic (exact) mass is 438 g/mol. The molecule has 1 heterocycles. The van der Waals surface area contributed by atoms with E-state index >= 15 is 0 Å². The highest BCUT2D eigenvalue weighted by Crippen LogP contribution is 2.34. The lowest BCUT2D eigenvalue weighted by Crippen LogP contribution is -2.11. The quantitative estimate of drug-likeness (QED) is 0.419. The standard InChI is InChI=1S/C23H20BrFN2O/c1-13(2)14-7-9-17-21(10-14)27(12-15-6-8-16(24)11-19(15)25)20-5-3-4-18(22(17)20)23(26)28/h3-11,13H,12H2,1-2H3,(H2,26,28). The van der Waals surface area contributed by atoms with E-state index in [4.69, 9.17) is 5.73 Å². The molecule has 5 heteroatoms. The number of amides is 1. The molecular weight excluding hydrogens is 419 g/mol. The number of hydrogen-bond donors (Lipinski definition) is 1. The molecule has 0 spiro atoms. The lowest BCUT2D eigenvalue weighted by atomic mass is 10.00. The van der Waals surface area contributed by atoms with Gasteiger partial charge in [-0.05, 0) is 41.8 Å². The zero-order valence-electron chi connectivity index (χ0n) is 15.7. The first-order valence-corrected chi connectivity index (χ1v) is 9.94. The van der Waals surface area contributed by atoms with Crippen LogP contribution in [-0.4, -0.2) is 10.5 Å². The highest BCUT2D eigenvalue weighted by atomic mass is 79.9. The maximum absolute atomic E-state index is 14.5. The maximum Gasteiger partial charge on any atom is 0.249 e. The molecule has 0 fully saturated rings. The SMILES string of the molecule is CC(C)c1ccc2c3c(C(N)=O)cccc3n(Cc3ccc(Br)cc3F)c2c1. The summed E-state index contributed by atoms with van der Waals surface area (Å²) in [5, 5.41) is 1.77. The zero-order chi connectivity index (χ0) is 20.0. The molecule has 0 saturated carbocycles. The van der Waals surface area contributed by atoms with E-state index in [1.807, 2.05) is 24.3 Å². The zero-order valence-corrected chi connectivity index (χ0v) is 17.3. The average molecular weight is 439 g/mol. The summed E-state index contributed by atoms with van der Waals surface area (Å²) in [6.07, 6.45) is 0. The van der Waals surface area contributed by atoms with Gasteiger partial charge in [0.05, 0.1) is 12.1 Å². The summed E-state index contributed by atoms with van der Waals surface area (Å²) < 4.78 is 17.3. The van der Waals surface area contributed by atoms with Crippen molar-refractivity contribution >= 4 is 43.6 Å². The summed E-state index contributed by atoms with van der Waals surface area (Å²) >= 11 is 3.31. The van der Waals surface area contributed by atoms with Gasteiger partial charge >= 0.3 is 0 Å². The molecule has 0 unspecified atom stereocenters. The Hall–Kier alpha value is -2.66. The van der Waals surface area contributed by atoms with Crippen molar-refractivity contribution in [3.8, 4) is 0 Å². The number of fused-ring (bicyclic) bond motifs is 3. The van der Waals surface area contributed by atoms with Gasteiger partial charge in [-0.1, -0.05) is 54.0 Å². The van der Waals surface area contributed by atoms with Gasteiger partial charge in [-0.3, -0.25) is 4.79 Å². The van der Waals surface area contributed by atoms with Crippen LogP contribution in [0.15, 0.2) is 59.1 Å². The average Bonchev–Trinajstić information content (AvgIpc) is 2.97. The van der Waals surface area contributed by atoms with Crippen molar-refractivity contribution in [2.75, 3.05) is 0 Å². The van der Waals surface area contributed by atoms with E-state index in [9.17, 15) is 9.18 Å². The molecule has 4 rings (SSSR count). The molecule has 1 aromatic heterocycles. The van der Waals surface area contributed by atoms with E-state index in [0.29, 0.717) is 28.1 Å². The first-order valence-electron chi connectivity index (χ1n) is 9.15. The minimum atomic E-state index is -0.465. The number of hydrogen-bond acceptors (Lipinski definition) is 1. The van der Waals surface area contributed by atoms with Crippen LogP contribution in [0.3, 0.4) is 0 Å². The number of rotatable bonds is 4. The Kier molecular flexibility index (Phi) is 4.71. The fourth-order valence-corrected chi connectivity index (χ4v) is 4.05. The molecule has 3 aromatic carbocycles. The lowest BCUT2D eigenvalue weighted by Gasteiger charge is -2.11. The van der Waals surface area contributed by atoms with Gasteiger partial charge in [0.2, 0.25) is 5.91 Å². The number of benzene rings is 3. The van der Waals surface area contributed by atoms with Crippen molar-refractivity contribution in [2.24, 2.45) is 5.73 Å². The van der Waals surface area contributed by atoms with Gasteiger partial charge in [-0.15, -0.1) is 0 Å². The Labute approximate surface area is 171 Å². The second-order valence-corrected chi connectivity index (χ2v) is 8.23. The third-order valence-electron chi connectivity index (χ3n) is 5.19. The molecule has 0 atom stereocenters. The van der Waals surface area contributed by atoms with Gasteiger partial charge in [0.1, 0.15) is 5.82 Å². The molecule has 4 aromatic rings. The lowest BCUT2D eigenvalue weighted by molar-refractivity contribution is 0.100. The molecule has 0 radical (unpaired) electrons. The number of aromatic nitrogens is 1. The molecule has 3 nitrogen and oxygen atoms in total. The Bertz CT molecular complexity index is 1230. The Morgan fingerprint density at radius 1 is 1.11 bits per heavy atom. The van der Waals surface area contributed by atoms with Crippen LogP contribution in [-0.2, 0) is 6.54 Å². The summed E-state index contributed by atoms with van der Waals surface area (Å²) in [6.45, 7) is 4.64. The molecule has 28 heavy (non-hydrogen) atoms. The highest BCUT2D eigenvalue weighted by Gasteiger charge is 2.18. The number of primary amides is 1. The summed E-state index contributed by atoms with van der Waals surface area (Å²) in [5.41, 5.74) is 9.73. The summed E-state index contributed by atoms with van der Waals surface area (Å²) in [6, 6.07) is 16.8. The maximum atomic E-state index is 14.5. The fourth-order valence-electron chi connectivity index (χ4n) is 3.72. The van der Waals surface area contributed by atoms with Crippen LogP contribution in [0.1, 0.15) is 41.3 Å². The van der Waals surface area contributed by atoms with Crippen molar-refractivity contribution < 1.29 is 9.18 Å². The topological polar surface area (TPSA) is 48.0 Å². The van der Waals surface area contributed by atoms with E-state index < -0.39 is 5.91 Å². The van der Waals surface area contributed by atoms with Crippen molar-refractivity contribution in [1.82, 2.24) is 4.57 Å². The van der Waals surface area contributed by atoms with Gasteiger partial charge in [0.15, 0.2) is 0 Å². The van der Waals surface area contributed by atoms with Crippen molar-refractivity contribution in [2.45, 2.75) is 26.3 Å². The smallest absolute Gasteiger partial charge is 0.249 e. The van der Waals surface area contributed by atoms with Gasteiger partial charge in [-0.25, -0.2) is 4.39 Å². The molecule has 142 valence electrons. The van der Waals surface area contributed by atoms with Crippen LogP contribution in [0.5, 0.6) is 0 Å². The minimum Gasteiger partial charge on any atom is -0.366 e. The Morgan fingerprint density at radius 2 is 1.89 bits per heavy atom. The Balaban J connectivity index is 2.05. The first kappa shape index (κ1) is 18.7. The predicted octanol–water partition coefficient (Wildman–Crippen LogP) is 5.97. The van der Waals surface area contributed by atoms with Crippen LogP contribution in [0, 0.1) is 5.82 Å². The normalized spacial score (nSPS) is 11.6. The van der Waals surface area contributed by atoms with Crippen molar-refractivity contribution in [3.05, 3.63) is 81.6 Å². The Morgan fingerprint density at radius 3 is 2.57 bits per heavy atom. The van der Waals surface area contributed by atoms with Gasteiger partial charge in [0, 0.05) is 31.9 Å². The van der Waals surface area contributed by atoms with Crippen LogP contribution in [0.25, 0.3) is 21.8 Å². The van der Waals surface area contributed by atoms with E-state index in [1.165, 1.54) is 11.6 Å². The molecule has 0 aliphatic carbocycles. The molecule has 1 amide bonds. The molecule has 2 N–H and O–H groups in total. The van der Waals surface area contributed by atoms with Crippen molar-refractivity contribution in [1.29, 1.82) is 0 Å². The van der Waals surface area contributed by atoms with E-state index in [-0.39, 0.29) is 5.82 Å². The highest BCUT2D eigenvalue weighted by molar-refractivity contribution is 9.10. The van der Waals surface area contributed by atoms with Crippen LogP contribution >= 0.6 is 15.9 Å². The van der Waals surface area contributed by atoms with E-state index in [0.717, 1.165) is 21.8 Å². The van der Waals surface area contributed by atoms with Crippen LogP contribution < -0.4 is 5.73 Å². The largest absolute Gasteiger partial charge is 0.366 e. The van der Waals surface area contributed by atoms with Gasteiger partial charge < -0.3 is 10.3 Å². The van der Waals surface area contributed by atoms with Gasteiger partial charge in [0.25, 0.3) is 0 Å². The number of nitrogens with zero attached hydrogens (tertiary/aromatic N) is 1. The molecule has 0 bridgehead atoms. The number of carbonyl (C=O) groups excluding carboxylic acids is 1. The number of carbonyl (C=O) groups is 1. The van der Waals surface area contributed by atoms with E-state index in [1.54, 1.807) is 12.1 Å². The summed E-state index contributed by atoms with van der Waals surface area (Å²) in [5.74, 6) is -0.376. The van der Waals surface area contributed by atoms with Crippen LogP contribution in [0.4, 0.5) is 4.39 Å². The molecule has 0 saturated heterocycles. The van der Waals surface area contributed by atoms with E-state index in [2.05, 4.69) is 46.5 Å². The second kappa shape index (κ2) is 7.06. The van der Waals surface area contributed by atoms with Crippen molar-refractivity contribution in [3.63, 3.8) is 0 Å². The van der Waals surface area contributed by atoms with Crippen LogP contribution in [0.2, 0.25) is 0 Å². The first-order chi connectivity index (χ1) is 13.4. The third-order valence-corrected chi connectivity index (χ3v) is 5.68. The number of nitrogens with two attached hydrogens (primary N) is 1. The summed E-state index contributed by atoms with van der Waals surface area (Å²) in [7, 11) is 0. The second-order valence-electron chi connectivity index (χ2n) is 7.32. The predicted molar refractivity (Wildman–Crippen MR) is 115 cm³/mol. The fraction of sp³-hybridized carbons (Fsp3) is 0.174. The molecule has 0 aliphatic rings. The molecule has 0 aliphatic heterocycles. The molecular formula is C23H20BrFN2O. The number of halogens is 2. The minimum absolute atomic E-state index is 0.268. The summed E-state index contributed by atoms with van der Waals surface area (Å²) in [4.78, 5) is 12.0.